The fourth-order valence-electron chi connectivity index (χ4n) is 3.35. The van der Waals surface area contributed by atoms with Gasteiger partial charge in [-0.15, -0.1) is 0 Å². The number of anilines is 1. The summed E-state index contributed by atoms with van der Waals surface area (Å²) in [4.78, 5) is 46.9. The average Bonchev–Trinajstić information content (AvgIpc) is 3.34. The van der Waals surface area contributed by atoms with Crippen molar-refractivity contribution in [3.63, 3.8) is 0 Å². The molecule has 11 heteroatoms. The van der Waals surface area contributed by atoms with Gasteiger partial charge in [-0.3, -0.25) is 14.2 Å². The summed E-state index contributed by atoms with van der Waals surface area (Å²) in [5.41, 5.74) is -0.202. The lowest BCUT2D eigenvalue weighted by atomic mass is 9.92. The van der Waals surface area contributed by atoms with Crippen molar-refractivity contribution in [2.75, 3.05) is 5.32 Å². The number of imidazole rings is 1. The Morgan fingerprint density at radius 1 is 1.12 bits per heavy atom. The highest BCUT2D eigenvalue weighted by atomic mass is 16.2. The van der Waals surface area contributed by atoms with Crippen molar-refractivity contribution in [2.45, 2.75) is 32.7 Å². The summed E-state index contributed by atoms with van der Waals surface area (Å²) in [5, 5.41) is 7.37. The van der Waals surface area contributed by atoms with Gasteiger partial charge in [0.25, 0.3) is 5.56 Å². The van der Waals surface area contributed by atoms with Crippen LogP contribution in [0, 0.1) is 0 Å². The number of hydrogen-bond donors (Lipinski definition) is 1. The van der Waals surface area contributed by atoms with E-state index in [4.69, 9.17) is 0 Å². The number of amides is 1. The predicted molar refractivity (Wildman–Crippen MR) is 119 cm³/mol. The monoisotopic (exact) mass is 436 g/mol. The molecule has 0 fully saturated rings. The standard InChI is InChI=1S/C21H24N8O3/c1-21(2,3)13-10-15(29(25-13)14-8-6-7-9-22-14)24-16(30)11-28-19(31)17-18(23-12-26(17)4)27(5)20(28)32/h6-10,12H,11H2,1-5H3,(H,24,30). The van der Waals surface area contributed by atoms with E-state index in [2.05, 4.69) is 20.4 Å². The first kappa shape index (κ1) is 21.2. The summed E-state index contributed by atoms with van der Waals surface area (Å²) in [6, 6.07) is 7.13. The Morgan fingerprint density at radius 2 is 1.88 bits per heavy atom. The van der Waals surface area contributed by atoms with E-state index >= 15 is 0 Å². The molecule has 1 N–H and O–H groups in total. The molecule has 0 unspecified atom stereocenters. The molecule has 166 valence electrons. The Bertz CT molecular complexity index is 1430. The Hall–Kier alpha value is -4.02. The smallest absolute Gasteiger partial charge is 0.328 e. The molecule has 0 aliphatic carbocycles. The lowest BCUT2D eigenvalue weighted by Crippen LogP contribution is -2.42. The SMILES string of the molecule is Cn1cnc2c1c(=O)n(CC(=O)Nc1cc(C(C)(C)C)nn1-c1ccccn1)c(=O)n2C. The molecular weight excluding hydrogens is 412 g/mol. The van der Waals surface area contributed by atoms with Gasteiger partial charge in [0.05, 0.1) is 12.0 Å². The first-order chi connectivity index (χ1) is 15.1. The molecule has 0 bridgehead atoms. The molecule has 0 saturated heterocycles. The van der Waals surface area contributed by atoms with Crippen molar-refractivity contribution in [2.24, 2.45) is 14.1 Å². The maximum atomic E-state index is 12.9. The van der Waals surface area contributed by atoms with Crippen LogP contribution in [-0.4, -0.2) is 39.4 Å². The van der Waals surface area contributed by atoms with Gasteiger partial charge in [-0.05, 0) is 12.1 Å². The Kier molecular flexibility index (Phi) is 5.03. The second kappa shape index (κ2) is 7.59. The molecule has 0 saturated carbocycles. The fraction of sp³-hybridized carbons (Fsp3) is 0.333. The van der Waals surface area contributed by atoms with Crippen LogP contribution in [0.4, 0.5) is 5.82 Å². The molecule has 0 radical (unpaired) electrons. The lowest BCUT2D eigenvalue weighted by Gasteiger charge is -2.13. The van der Waals surface area contributed by atoms with Gasteiger partial charge in [-0.1, -0.05) is 26.8 Å². The number of fused-ring (bicyclic) bond motifs is 1. The average molecular weight is 436 g/mol. The fourth-order valence-corrected chi connectivity index (χ4v) is 3.35. The van der Waals surface area contributed by atoms with E-state index in [9.17, 15) is 14.4 Å². The maximum Gasteiger partial charge on any atom is 0.332 e. The van der Waals surface area contributed by atoms with Crippen LogP contribution in [0.15, 0.2) is 46.4 Å². The number of hydrogen-bond acceptors (Lipinski definition) is 6. The summed E-state index contributed by atoms with van der Waals surface area (Å²) in [5.74, 6) is 0.385. The third-order valence-corrected chi connectivity index (χ3v) is 5.11. The van der Waals surface area contributed by atoms with Crippen LogP contribution < -0.4 is 16.6 Å². The van der Waals surface area contributed by atoms with Crippen LogP contribution in [0.2, 0.25) is 0 Å². The number of aromatic nitrogens is 7. The third-order valence-electron chi connectivity index (χ3n) is 5.11. The van der Waals surface area contributed by atoms with E-state index < -0.39 is 23.7 Å². The molecular formula is C21H24N8O3. The number of nitrogens with zero attached hydrogens (tertiary/aromatic N) is 7. The minimum absolute atomic E-state index is 0.244. The topological polar surface area (TPSA) is 122 Å². The van der Waals surface area contributed by atoms with E-state index in [1.54, 1.807) is 31.4 Å². The predicted octanol–water partition coefficient (Wildman–Crippen LogP) is 0.951. The number of rotatable bonds is 4. The zero-order valence-corrected chi connectivity index (χ0v) is 18.5. The largest absolute Gasteiger partial charge is 0.332 e. The quantitative estimate of drug-likeness (QED) is 0.508. The van der Waals surface area contributed by atoms with Crippen molar-refractivity contribution in [3.05, 3.63) is 63.3 Å². The highest BCUT2D eigenvalue weighted by Gasteiger charge is 2.23. The number of carbonyl (C=O) groups excluding carboxylic acids is 1. The zero-order chi connectivity index (χ0) is 23.2. The van der Waals surface area contributed by atoms with E-state index in [0.29, 0.717) is 11.6 Å². The second-order valence-electron chi connectivity index (χ2n) is 8.57. The van der Waals surface area contributed by atoms with Gasteiger partial charge < -0.3 is 9.88 Å². The van der Waals surface area contributed by atoms with E-state index in [-0.39, 0.29) is 16.6 Å². The summed E-state index contributed by atoms with van der Waals surface area (Å²) in [6.07, 6.45) is 3.08. The van der Waals surface area contributed by atoms with Crippen LogP contribution in [0.5, 0.6) is 0 Å². The van der Waals surface area contributed by atoms with Crippen molar-refractivity contribution in [3.8, 4) is 5.82 Å². The Balaban J connectivity index is 1.72. The van der Waals surface area contributed by atoms with Gasteiger partial charge in [0.2, 0.25) is 5.91 Å². The minimum Gasteiger partial charge on any atom is -0.328 e. The molecule has 0 aliphatic heterocycles. The van der Waals surface area contributed by atoms with Gasteiger partial charge >= 0.3 is 5.69 Å². The van der Waals surface area contributed by atoms with E-state index in [1.807, 2.05) is 26.8 Å². The molecule has 4 aromatic rings. The number of aryl methyl sites for hydroxylation is 2. The van der Waals surface area contributed by atoms with Crippen molar-refractivity contribution >= 4 is 22.9 Å². The molecule has 0 aliphatic rings. The molecule has 4 heterocycles. The number of carbonyl (C=O) groups is 1. The molecule has 0 spiro atoms. The Labute approximate surface area is 183 Å². The van der Waals surface area contributed by atoms with Crippen molar-refractivity contribution < 1.29 is 4.79 Å². The summed E-state index contributed by atoms with van der Waals surface area (Å²) >= 11 is 0. The molecule has 0 atom stereocenters. The van der Waals surface area contributed by atoms with Gasteiger partial charge in [0.15, 0.2) is 17.0 Å². The lowest BCUT2D eigenvalue weighted by molar-refractivity contribution is -0.116. The first-order valence-corrected chi connectivity index (χ1v) is 10.0. The van der Waals surface area contributed by atoms with Crippen LogP contribution in [0.25, 0.3) is 17.0 Å². The molecule has 1 amide bonds. The number of pyridine rings is 1. The molecule has 4 aromatic heterocycles. The van der Waals surface area contributed by atoms with Gasteiger partial charge in [-0.2, -0.15) is 9.78 Å². The summed E-state index contributed by atoms with van der Waals surface area (Å²) < 4.78 is 5.20. The summed E-state index contributed by atoms with van der Waals surface area (Å²) in [7, 11) is 3.17. The zero-order valence-electron chi connectivity index (χ0n) is 18.5. The second-order valence-corrected chi connectivity index (χ2v) is 8.57. The van der Waals surface area contributed by atoms with Crippen molar-refractivity contribution in [1.29, 1.82) is 0 Å². The van der Waals surface area contributed by atoms with E-state index in [0.717, 1.165) is 10.3 Å². The maximum absolute atomic E-state index is 12.9. The summed E-state index contributed by atoms with van der Waals surface area (Å²) in [6.45, 7) is 5.58. The highest BCUT2D eigenvalue weighted by Crippen LogP contribution is 2.25. The highest BCUT2D eigenvalue weighted by molar-refractivity contribution is 5.90. The van der Waals surface area contributed by atoms with Gasteiger partial charge in [-0.25, -0.2) is 19.3 Å². The third kappa shape index (κ3) is 3.61. The van der Waals surface area contributed by atoms with Crippen LogP contribution in [-0.2, 0) is 30.8 Å². The van der Waals surface area contributed by atoms with Gasteiger partial charge in [0.1, 0.15) is 12.4 Å². The minimum atomic E-state index is -0.620. The molecule has 0 aromatic carbocycles. The normalized spacial score (nSPS) is 11.8. The van der Waals surface area contributed by atoms with Gasteiger partial charge in [0, 0.05) is 31.8 Å². The van der Waals surface area contributed by atoms with E-state index in [1.165, 1.54) is 27.2 Å². The first-order valence-electron chi connectivity index (χ1n) is 10.0. The molecule has 11 nitrogen and oxygen atoms in total. The van der Waals surface area contributed by atoms with Crippen LogP contribution in [0.1, 0.15) is 26.5 Å². The number of nitrogens with one attached hydrogen (secondary N) is 1. The molecule has 32 heavy (non-hydrogen) atoms. The van der Waals surface area contributed by atoms with Crippen LogP contribution >= 0.6 is 0 Å². The van der Waals surface area contributed by atoms with Crippen molar-refractivity contribution in [1.82, 2.24) is 33.4 Å². The van der Waals surface area contributed by atoms with Crippen LogP contribution in [0.3, 0.4) is 0 Å². The molecule has 4 rings (SSSR count). The Morgan fingerprint density at radius 3 is 2.53 bits per heavy atom.